The number of hydrogen-bond acceptors (Lipinski definition) is 2. The van der Waals surface area contributed by atoms with Gasteiger partial charge in [-0.05, 0) is 44.9 Å². The first-order valence-corrected chi connectivity index (χ1v) is 7.47. The maximum Gasteiger partial charge on any atom is 0.125 e. The van der Waals surface area contributed by atoms with Crippen molar-refractivity contribution in [3.63, 3.8) is 0 Å². The Balaban J connectivity index is 2.06. The number of benzene rings is 1. The Kier molecular flexibility index (Phi) is 5.38. The summed E-state index contributed by atoms with van der Waals surface area (Å²) >= 11 is 5.92. The fraction of sp³-hybridized carbons (Fsp3) is 0.533. The van der Waals surface area contributed by atoms with Gasteiger partial charge in [0.2, 0.25) is 0 Å². The average Bonchev–Trinajstić information content (AvgIpc) is 2.75. The zero-order valence-electron chi connectivity index (χ0n) is 11.9. The maximum atomic E-state index is 13.4. The van der Waals surface area contributed by atoms with Gasteiger partial charge in [-0.3, -0.25) is 0 Å². The number of nitrogens with zero attached hydrogens (tertiary/aromatic N) is 2. The molecule has 0 fully saturated rings. The number of ether oxygens (including phenoxy) is 1. The van der Waals surface area contributed by atoms with Crippen LogP contribution < -0.4 is 0 Å². The van der Waals surface area contributed by atoms with Crippen LogP contribution in [0.15, 0.2) is 18.2 Å². The van der Waals surface area contributed by atoms with E-state index in [1.165, 1.54) is 12.1 Å². The highest BCUT2D eigenvalue weighted by Crippen LogP contribution is 2.19. The number of aromatic nitrogens is 2. The van der Waals surface area contributed by atoms with Gasteiger partial charge < -0.3 is 9.30 Å². The second kappa shape index (κ2) is 7.04. The molecule has 0 amide bonds. The second-order valence-corrected chi connectivity index (χ2v) is 5.34. The molecule has 5 heteroatoms. The predicted molar refractivity (Wildman–Crippen MR) is 79.6 cm³/mol. The van der Waals surface area contributed by atoms with Gasteiger partial charge in [0, 0.05) is 13.2 Å². The van der Waals surface area contributed by atoms with Crippen LogP contribution in [0.4, 0.5) is 4.39 Å². The van der Waals surface area contributed by atoms with Gasteiger partial charge in [-0.1, -0.05) is 0 Å². The van der Waals surface area contributed by atoms with E-state index in [0.717, 1.165) is 42.9 Å². The van der Waals surface area contributed by atoms with E-state index < -0.39 is 0 Å². The largest absolute Gasteiger partial charge is 0.379 e. The molecule has 2 aromatic rings. The first kappa shape index (κ1) is 15.3. The number of unbranched alkanes of at least 4 members (excludes halogenated alkanes) is 1. The molecule has 0 aliphatic heterocycles. The molecule has 0 spiro atoms. The van der Waals surface area contributed by atoms with Crippen molar-refractivity contribution < 1.29 is 9.13 Å². The topological polar surface area (TPSA) is 27.1 Å². The summed E-state index contributed by atoms with van der Waals surface area (Å²) in [6.45, 7) is 5.58. The molecule has 0 aliphatic carbocycles. The van der Waals surface area contributed by atoms with E-state index in [2.05, 4.69) is 4.98 Å². The van der Waals surface area contributed by atoms with Gasteiger partial charge in [0.05, 0.1) is 23.0 Å². The Morgan fingerprint density at radius 3 is 2.85 bits per heavy atom. The van der Waals surface area contributed by atoms with Crippen molar-refractivity contribution >= 4 is 22.6 Å². The number of halogens is 2. The van der Waals surface area contributed by atoms with Crippen molar-refractivity contribution in [1.29, 1.82) is 0 Å². The highest BCUT2D eigenvalue weighted by atomic mass is 35.5. The third kappa shape index (κ3) is 3.70. The van der Waals surface area contributed by atoms with Gasteiger partial charge in [-0.25, -0.2) is 9.37 Å². The van der Waals surface area contributed by atoms with Crippen LogP contribution in [0.25, 0.3) is 11.0 Å². The summed E-state index contributed by atoms with van der Waals surface area (Å²) in [5.74, 6) is 0.874. The second-order valence-electron chi connectivity index (χ2n) is 5.07. The van der Waals surface area contributed by atoms with E-state index in [1.807, 2.05) is 18.4 Å². The minimum absolute atomic E-state index is 0.247. The molecule has 0 unspecified atom stereocenters. The lowest BCUT2D eigenvalue weighted by molar-refractivity contribution is 0.0754. The molecule has 3 nitrogen and oxygen atoms in total. The van der Waals surface area contributed by atoms with Crippen LogP contribution >= 0.6 is 11.6 Å². The van der Waals surface area contributed by atoms with Crippen molar-refractivity contribution in [3.8, 4) is 0 Å². The van der Waals surface area contributed by atoms with E-state index in [9.17, 15) is 4.39 Å². The molecule has 0 saturated heterocycles. The van der Waals surface area contributed by atoms with Crippen LogP contribution in [-0.2, 0) is 17.2 Å². The van der Waals surface area contributed by atoms with Crippen LogP contribution in [-0.4, -0.2) is 22.3 Å². The Morgan fingerprint density at radius 2 is 2.15 bits per heavy atom. The minimum atomic E-state index is -0.247. The van der Waals surface area contributed by atoms with Crippen LogP contribution in [0.3, 0.4) is 0 Å². The van der Waals surface area contributed by atoms with Gasteiger partial charge in [-0.15, -0.1) is 11.6 Å². The molecule has 1 aromatic heterocycles. The zero-order chi connectivity index (χ0) is 14.5. The lowest BCUT2D eigenvalue weighted by Crippen LogP contribution is -2.07. The number of fused-ring (bicyclic) bond motifs is 1. The van der Waals surface area contributed by atoms with Crippen molar-refractivity contribution in [1.82, 2.24) is 9.55 Å². The number of aryl methyl sites for hydroxylation is 1. The van der Waals surface area contributed by atoms with Crippen LogP contribution in [0.5, 0.6) is 0 Å². The molecule has 110 valence electrons. The fourth-order valence-corrected chi connectivity index (χ4v) is 2.39. The minimum Gasteiger partial charge on any atom is -0.379 e. The summed E-state index contributed by atoms with van der Waals surface area (Å²) < 4.78 is 20.9. The molecular weight excluding hydrogens is 279 g/mol. The molecule has 20 heavy (non-hydrogen) atoms. The van der Waals surface area contributed by atoms with Crippen LogP contribution in [0, 0.1) is 5.82 Å². The Bertz CT molecular complexity index is 568. The number of hydrogen-bond donors (Lipinski definition) is 0. The first-order chi connectivity index (χ1) is 9.61. The number of imidazole rings is 1. The third-order valence-corrected chi connectivity index (χ3v) is 3.38. The quantitative estimate of drug-likeness (QED) is 0.568. The van der Waals surface area contributed by atoms with E-state index in [1.54, 1.807) is 6.07 Å². The Morgan fingerprint density at radius 1 is 1.35 bits per heavy atom. The average molecular weight is 299 g/mol. The smallest absolute Gasteiger partial charge is 0.125 e. The van der Waals surface area contributed by atoms with Crippen molar-refractivity contribution in [2.45, 2.75) is 45.2 Å². The van der Waals surface area contributed by atoms with Crippen LogP contribution in [0.2, 0.25) is 0 Å². The molecule has 0 radical (unpaired) electrons. The molecule has 1 aromatic carbocycles. The number of rotatable bonds is 7. The van der Waals surface area contributed by atoms with Crippen molar-refractivity contribution in [2.24, 2.45) is 0 Å². The molecule has 0 aliphatic rings. The third-order valence-electron chi connectivity index (χ3n) is 3.14. The van der Waals surface area contributed by atoms with E-state index in [0.29, 0.717) is 5.88 Å². The molecule has 0 N–H and O–H groups in total. The Hall–Kier alpha value is -1.13. The predicted octanol–water partition coefficient (Wildman–Crippen LogP) is 4.12. The molecule has 0 bridgehead atoms. The highest BCUT2D eigenvalue weighted by Gasteiger charge is 2.10. The fourth-order valence-electron chi connectivity index (χ4n) is 2.19. The summed E-state index contributed by atoms with van der Waals surface area (Å²) in [4.78, 5) is 4.43. The lowest BCUT2D eigenvalue weighted by atomic mass is 10.3. The van der Waals surface area contributed by atoms with Gasteiger partial charge in [0.25, 0.3) is 0 Å². The van der Waals surface area contributed by atoms with Crippen molar-refractivity contribution in [3.05, 3.63) is 29.8 Å². The summed E-state index contributed by atoms with van der Waals surface area (Å²) in [5.41, 5.74) is 1.60. The lowest BCUT2D eigenvalue weighted by Gasteiger charge is -2.09. The molecule has 1 heterocycles. The molecular formula is C15H20ClFN2O. The maximum absolute atomic E-state index is 13.4. The summed E-state index contributed by atoms with van der Waals surface area (Å²) in [6.07, 6.45) is 2.18. The number of alkyl halides is 1. The van der Waals surface area contributed by atoms with Gasteiger partial charge in [0.1, 0.15) is 11.6 Å². The zero-order valence-corrected chi connectivity index (χ0v) is 12.7. The van der Waals surface area contributed by atoms with Crippen LogP contribution in [0.1, 0.15) is 32.5 Å². The van der Waals surface area contributed by atoms with E-state index in [4.69, 9.17) is 16.3 Å². The van der Waals surface area contributed by atoms with Crippen molar-refractivity contribution in [2.75, 3.05) is 6.61 Å². The molecule has 2 rings (SSSR count). The summed E-state index contributed by atoms with van der Waals surface area (Å²) in [7, 11) is 0. The van der Waals surface area contributed by atoms with Gasteiger partial charge in [-0.2, -0.15) is 0 Å². The highest BCUT2D eigenvalue weighted by molar-refractivity contribution is 6.16. The molecule has 0 atom stereocenters. The SMILES string of the molecule is CC(C)OCCCCn1c(CCl)nc2ccc(F)cc21. The van der Waals surface area contributed by atoms with Gasteiger partial charge in [0.15, 0.2) is 0 Å². The van der Waals surface area contributed by atoms with E-state index >= 15 is 0 Å². The molecule has 0 saturated carbocycles. The van der Waals surface area contributed by atoms with Gasteiger partial charge >= 0.3 is 0 Å². The normalized spacial score (nSPS) is 11.7. The van der Waals surface area contributed by atoms with E-state index in [-0.39, 0.29) is 11.9 Å². The summed E-state index contributed by atoms with van der Waals surface area (Å²) in [6, 6.07) is 4.64. The summed E-state index contributed by atoms with van der Waals surface area (Å²) in [5, 5.41) is 0. The Labute approximate surface area is 123 Å². The first-order valence-electron chi connectivity index (χ1n) is 6.94. The standard InChI is InChI=1S/C15H20ClFN2O/c1-11(2)20-8-4-3-7-19-14-9-12(17)5-6-13(14)18-15(19)10-16/h5-6,9,11H,3-4,7-8,10H2,1-2H3. The monoisotopic (exact) mass is 298 g/mol.